The van der Waals surface area contributed by atoms with Gasteiger partial charge < -0.3 is 5.11 Å². The van der Waals surface area contributed by atoms with Crippen molar-refractivity contribution in [1.29, 1.82) is 0 Å². The van der Waals surface area contributed by atoms with Gasteiger partial charge in [0.05, 0.1) is 5.56 Å². The molecule has 2 aromatic carbocycles. The van der Waals surface area contributed by atoms with Crippen molar-refractivity contribution in [2.75, 3.05) is 0 Å². The molecule has 0 amide bonds. The van der Waals surface area contributed by atoms with E-state index in [9.17, 15) is 19.5 Å². The third-order valence-electron chi connectivity index (χ3n) is 4.57. The molecule has 22 heavy (non-hydrogen) atoms. The Hall–Kier alpha value is -2.49. The number of aldehydes is 2. The van der Waals surface area contributed by atoms with E-state index < -0.39 is 0 Å². The van der Waals surface area contributed by atoms with Crippen LogP contribution in [-0.4, -0.2) is 23.5 Å². The average Bonchev–Trinajstić information content (AvgIpc) is 2.47. The number of rotatable bonds is 2. The first-order valence-corrected chi connectivity index (χ1v) is 7.26. The fourth-order valence-electron chi connectivity index (χ4n) is 3.51. The van der Waals surface area contributed by atoms with E-state index in [1.165, 1.54) is 0 Å². The number of aryl methyl sites for hydroxylation is 2. The summed E-state index contributed by atoms with van der Waals surface area (Å²) in [5.41, 5.74) is 3.19. The molecule has 4 heteroatoms. The Bertz CT molecular complexity index is 847. The van der Waals surface area contributed by atoms with Gasteiger partial charge in [-0.15, -0.1) is 0 Å². The van der Waals surface area contributed by atoms with E-state index in [2.05, 4.69) is 0 Å². The summed E-state index contributed by atoms with van der Waals surface area (Å²) >= 11 is 0. The maximum atomic E-state index is 12.2. The number of benzene rings is 2. The minimum absolute atomic E-state index is 0.0964. The molecular weight excluding hydrogens is 280 g/mol. The van der Waals surface area contributed by atoms with Crippen LogP contribution in [0.5, 0.6) is 5.75 Å². The fourth-order valence-corrected chi connectivity index (χ4v) is 3.51. The lowest BCUT2D eigenvalue weighted by Gasteiger charge is -2.22. The summed E-state index contributed by atoms with van der Waals surface area (Å²) in [6.45, 7) is 3.53. The second-order valence-electron chi connectivity index (χ2n) is 5.78. The first kappa shape index (κ1) is 14.4. The lowest BCUT2D eigenvalue weighted by molar-refractivity contribution is 0.0969. The van der Waals surface area contributed by atoms with Crippen LogP contribution in [0.1, 0.15) is 60.6 Å². The molecule has 1 aliphatic rings. The van der Waals surface area contributed by atoms with E-state index >= 15 is 0 Å². The number of aromatic hydroxyl groups is 1. The number of carbonyl (C=O) groups excluding carboxylic acids is 3. The van der Waals surface area contributed by atoms with Crippen LogP contribution in [0.2, 0.25) is 0 Å². The van der Waals surface area contributed by atoms with Crippen LogP contribution in [0.25, 0.3) is 10.8 Å². The van der Waals surface area contributed by atoms with Gasteiger partial charge in [0.1, 0.15) is 5.75 Å². The number of carbonyl (C=O) groups is 3. The molecule has 0 spiro atoms. The van der Waals surface area contributed by atoms with Crippen LogP contribution >= 0.6 is 0 Å². The van der Waals surface area contributed by atoms with Gasteiger partial charge in [-0.1, -0.05) is 0 Å². The molecule has 0 fully saturated rings. The van der Waals surface area contributed by atoms with Gasteiger partial charge in [0, 0.05) is 22.9 Å². The first-order chi connectivity index (χ1) is 10.5. The van der Waals surface area contributed by atoms with Crippen LogP contribution in [0.3, 0.4) is 0 Å². The number of phenolic OH excluding ortho intramolecular Hbond substituents is 1. The predicted octanol–water partition coefficient (Wildman–Crippen LogP) is 3.31. The molecule has 2 aromatic rings. The molecule has 0 aliphatic heterocycles. The largest absolute Gasteiger partial charge is 0.507 e. The van der Waals surface area contributed by atoms with Crippen LogP contribution in [-0.2, 0) is 6.42 Å². The average molecular weight is 296 g/mol. The molecule has 0 atom stereocenters. The summed E-state index contributed by atoms with van der Waals surface area (Å²) in [5.74, 6) is -0.239. The highest BCUT2D eigenvalue weighted by Crippen LogP contribution is 2.41. The Morgan fingerprint density at radius 2 is 1.77 bits per heavy atom. The topological polar surface area (TPSA) is 71.4 Å². The lowest BCUT2D eigenvalue weighted by atomic mass is 9.81. The van der Waals surface area contributed by atoms with E-state index in [0.717, 1.165) is 18.1 Å². The Labute approximate surface area is 127 Å². The maximum Gasteiger partial charge on any atom is 0.166 e. The Morgan fingerprint density at radius 3 is 2.41 bits per heavy atom. The summed E-state index contributed by atoms with van der Waals surface area (Å²) in [5, 5.41) is 11.7. The van der Waals surface area contributed by atoms with E-state index in [-0.39, 0.29) is 17.1 Å². The highest BCUT2D eigenvalue weighted by molar-refractivity contribution is 6.14. The number of phenols is 1. The van der Waals surface area contributed by atoms with Crippen molar-refractivity contribution >= 4 is 29.1 Å². The van der Waals surface area contributed by atoms with Gasteiger partial charge in [0.2, 0.25) is 0 Å². The summed E-state index contributed by atoms with van der Waals surface area (Å²) < 4.78 is 0. The third-order valence-corrected chi connectivity index (χ3v) is 4.57. The van der Waals surface area contributed by atoms with Gasteiger partial charge in [-0.25, -0.2) is 0 Å². The molecule has 0 radical (unpaired) electrons. The highest BCUT2D eigenvalue weighted by atomic mass is 16.3. The summed E-state index contributed by atoms with van der Waals surface area (Å²) in [6, 6.07) is 1.74. The summed E-state index contributed by atoms with van der Waals surface area (Å²) in [4.78, 5) is 35.1. The van der Waals surface area contributed by atoms with E-state index in [4.69, 9.17) is 0 Å². The molecule has 1 N–H and O–H groups in total. The number of hydrogen-bond donors (Lipinski definition) is 1. The van der Waals surface area contributed by atoms with Gasteiger partial charge in [-0.05, 0) is 54.8 Å². The Balaban J connectivity index is 2.59. The number of Topliss-reactive ketones (excluding diaryl/α,β-unsaturated/α-hetero) is 1. The number of ketones is 1. The standard InChI is InChI=1S/C18H16O4/c1-9-6-12-14(8-20)11-4-3-5-15(21)17(11)18(22)16(12)10(2)13(9)7-19/h6-8,22H,3-5H2,1-2H3. The van der Waals surface area contributed by atoms with Gasteiger partial charge in [0.25, 0.3) is 0 Å². The second-order valence-corrected chi connectivity index (χ2v) is 5.78. The second kappa shape index (κ2) is 5.05. The molecule has 0 saturated heterocycles. The normalized spacial score (nSPS) is 14.0. The first-order valence-electron chi connectivity index (χ1n) is 7.26. The zero-order valence-corrected chi connectivity index (χ0v) is 12.5. The fraction of sp³-hybridized carbons (Fsp3) is 0.278. The molecule has 4 nitrogen and oxygen atoms in total. The molecule has 0 saturated carbocycles. The molecule has 1 aliphatic carbocycles. The predicted molar refractivity (Wildman–Crippen MR) is 83.1 cm³/mol. The molecule has 0 aromatic heterocycles. The Kier molecular flexibility index (Phi) is 3.32. The molecule has 0 unspecified atom stereocenters. The quantitative estimate of drug-likeness (QED) is 0.863. The van der Waals surface area contributed by atoms with Crippen molar-refractivity contribution in [3.63, 3.8) is 0 Å². The third kappa shape index (κ3) is 1.80. The van der Waals surface area contributed by atoms with Crippen LogP contribution in [0, 0.1) is 13.8 Å². The lowest BCUT2D eigenvalue weighted by Crippen LogP contribution is -2.14. The molecule has 112 valence electrons. The van der Waals surface area contributed by atoms with Gasteiger partial charge in [-0.3, -0.25) is 14.4 Å². The van der Waals surface area contributed by atoms with Gasteiger partial charge in [0.15, 0.2) is 18.4 Å². The van der Waals surface area contributed by atoms with Crippen molar-refractivity contribution in [2.45, 2.75) is 33.1 Å². The molecular formula is C18H16O4. The molecule has 3 rings (SSSR count). The SMILES string of the molecule is Cc1cc2c(C=O)c3c(c(O)c2c(C)c1C=O)C(=O)CCC3. The van der Waals surface area contributed by atoms with Crippen LogP contribution in [0.4, 0.5) is 0 Å². The zero-order valence-electron chi connectivity index (χ0n) is 12.5. The minimum Gasteiger partial charge on any atom is -0.507 e. The summed E-state index contributed by atoms with van der Waals surface area (Å²) in [7, 11) is 0. The number of hydrogen-bond acceptors (Lipinski definition) is 4. The van der Waals surface area contributed by atoms with Crippen LogP contribution < -0.4 is 0 Å². The van der Waals surface area contributed by atoms with Gasteiger partial charge >= 0.3 is 0 Å². The monoisotopic (exact) mass is 296 g/mol. The van der Waals surface area contributed by atoms with E-state index in [1.807, 2.05) is 0 Å². The van der Waals surface area contributed by atoms with Crippen molar-refractivity contribution in [2.24, 2.45) is 0 Å². The van der Waals surface area contributed by atoms with Crippen molar-refractivity contribution < 1.29 is 19.5 Å². The molecule has 0 bridgehead atoms. The van der Waals surface area contributed by atoms with Crippen molar-refractivity contribution in [3.8, 4) is 5.75 Å². The van der Waals surface area contributed by atoms with Crippen LogP contribution in [0.15, 0.2) is 6.07 Å². The highest BCUT2D eigenvalue weighted by Gasteiger charge is 2.28. The van der Waals surface area contributed by atoms with Crippen molar-refractivity contribution in [1.82, 2.24) is 0 Å². The summed E-state index contributed by atoms with van der Waals surface area (Å²) in [6.07, 6.45) is 3.15. The zero-order chi connectivity index (χ0) is 16.0. The van der Waals surface area contributed by atoms with E-state index in [0.29, 0.717) is 52.3 Å². The maximum absolute atomic E-state index is 12.2. The smallest absolute Gasteiger partial charge is 0.166 e. The minimum atomic E-state index is -0.142. The Morgan fingerprint density at radius 1 is 1.09 bits per heavy atom. The van der Waals surface area contributed by atoms with Gasteiger partial charge in [-0.2, -0.15) is 0 Å². The van der Waals surface area contributed by atoms with E-state index in [1.54, 1.807) is 19.9 Å². The van der Waals surface area contributed by atoms with Crippen molar-refractivity contribution in [3.05, 3.63) is 39.4 Å². The number of fused-ring (bicyclic) bond motifs is 2. The molecule has 0 heterocycles.